The van der Waals surface area contributed by atoms with Gasteiger partial charge in [-0.2, -0.15) is 0 Å². The average molecular weight is 240 g/mol. The lowest BCUT2D eigenvalue weighted by atomic mass is 9.97. The van der Waals surface area contributed by atoms with E-state index in [1.54, 1.807) is 0 Å². The first kappa shape index (κ1) is 14.6. The Morgan fingerprint density at radius 3 is 2.76 bits per heavy atom. The van der Waals surface area contributed by atoms with Crippen molar-refractivity contribution in [3.8, 4) is 0 Å². The van der Waals surface area contributed by atoms with Gasteiger partial charge in [0.15, 0.2) is 0 Å². The zero-order valence-corrected chi connectivity index (χ0v) is 11.6. The van der Waals surface area contributed by atoms with E-state index in [0.29, 0.717) is 12.1 Å². The highest BCUT2D eigenvalue weighted by Gasteiger charge is 2.24. The molecule has 0 aromatic carbocycles. The van der Waals surface area contributed by atoms with E-state index in [-0.39, 0.29) is 0 Å². The van der Waals surface area contributed by atoms with Crippen molar-refractivity contribution in [3.05, 3.63) is 12.2 Å². The quantitative estimate of drug-likeness (QED) is 0.410. The molecule has 0 bridgehead atoms. The summed E-state index contributed by atoms with van der Waals surface area (Å²) in [5, 5.41) is 0. The topological polar surface area (TPSA) is 44.5 Å². The second-order valence-corrected chi connectivity index (χ2v) is 5.30. The monoisotopic (exact) mass is 240 g/mol. The third-order valence-corrected chi connectivity index (χ3v) is 3.81. The zero-order valence-electron chi connectivity index (χ0n) is 11.6. The van der Waals surface area contributed by atoms with Gasteiger partial charge in [0.2, 0.25) is 0 Å². The molecule has 17 heavy (non-hydrogen) atoms. The van der Waals surface area contributed by atoms with E-state index < -0.39 is 0 Å². The summed E-state index contributed by atoms with van der Waals surface area (Å²) in [4.78, 5) is 4.84. The summed E-state index contributed by atoms with van der Waals surface area (Å²) in [6.45, 7) is 9.66. The van der Waals surface area contributed by atoms with E-state index in [2.05, 4.69) is 42.8 Å². The molecular formula is C13H28N4. The number of rotatable bonds is 6. The third kappa shape index (κ3) is 4.76. The smallest absolute Gasteiger partial charge is 0.0262 e. The Kier molecular flexibility index (Phi) is 6.12. The maximum absolute atomic E-state index is 5.65. The van der Waals surface area contributed by atoms with Crippen LogP contribution >= 0.6 is 0 Å². The van der Waals surface area contributed by atoms with E-state index in [9.17, 15) is 0 Å². The van der Waals surface area contributed by atoms with Crippen molar-refractivity contribution < 1.29 is 0 Å². The molecule has 0 aromatic rings. The predicted molar refractivity (Wildman–Crippen MR) is 73.7 cm³/mol. The van der Waals surface area contributed by atoms with Crippen LogP contribution in [0.5, 0.6) is 0 Å². The predicted octanol–water partition coefficient (Wildman–Crippen LogP) is 0.811. The molecule has 3 N–H and O–H groups in total. The van der Waals surface area contributed by atoms with Crippen molar-refractivity contribution >= 4 is 0 Å². The highest BCUT2D eigenvalue weighted by atomic mass is 15.3. The molecule has 100 valence electrons. The molecule has 0 radical (unpaired) electrons. The lowest BCUT2D eigenvalue weighted by Crippen LogP contribution is -2.52. The van der Waals surface area contributed by atoms with Gasteiger partial charge in [-0.25, -0.2) is 0 Å². The minimum atomic E-state index is 0.349. The second-order valence-electron chi connectivity index (χ2n) is 5.30. The number of hydrazine groups is 1. The van der Waals surface area contributed by atoms with Crippen LogP contribution in [-0.4, -0.2) is 55.6 Å². The lowest BCUT2D eigenvalue weighted by Gasteiger charge is -2.39. The summed E-state index contributed by atoms with van der Waals surface area (Å²) in [6, 6.07) is 0.945. The van der Waals surface area contributed by atoms with Gasteiger partial charge in [0.05, 0.1) is 0 Å². The van der Waals surface area contributed by atoms with Crippen molar-refractivity contribution in [2.45, 2.75) is 38.3 Å². The molecule has 0 aliphatic carbocycles. The molecule has 1 heterocycles. The summed E-state index contributed by atoms with van der Waals surface area (Å²) in [5.41, 5.74) is 4.22. The zero-order chi connectivity index (χ0) is 12.8. The summed E-state index contributed by atoms with van der Waals surface area (Å²) < 4.78 is 0. The molecular weight excluding hydrogens is 212 g/mol. The number of hydrogen-bond acceptors (Lipinski definition) is 4. The van der Waals surface area contributed by atoms with Gasteiger partial charge >= 0.3 is 0 Å². The Labute approximate surface area is 106 Å². The highest BCUT2D eigenvalue weighted by molar-refractivity contribution is 4.97. The Bertz CT molecular complexity index is 242. The van der Waals surface area contributed by atoms with Crippen LogP contribution in [0.4, 0.5) is 0 Å². The van der Waals surface area contributed by atoms with Crippen molar-refractivity contribution in [1.29, 1.82) is 0 Å². The molecule has 4 nitrogen and oxygen atoms in total. The Balaban J connectivity index is 2.45. The number of nitrogens with one attached hydrogen (secondary N) is 1. The van der Waals surface area contributed by atoms with Crippen LogP contribution in [-0.2, 0) is 0 Å². The van der Waals surface area contributed by atoms with E-state index in [1.807, 2.05) is 0 Å². The molecule has 0 saturated carbocycles. The van der Waals surface area contributed by atoms with Crippen LogP contribution in [0.1, 0.15) is 26.2 Å². The first-order valence-electron chi connectivity index (χ1n) is 6.58. The number of nitrogens with two attached hydrogens (primary N) is 1. The Morgan fingerprint density at radius 1 is 1.47 bits per heavy atom. The summed E-state index contributed by atoms with van der Waals surface area (Å²) in [5.74, 6) is 5.65. The van der Waals surface area contributed by atoms with Crippen LogP contribution in [0.15, 0.2) is 12.2 Å². The van der Waals surface area contributed by atoms with E-state index in [0.717, 1.165) is 38.9 Å². The summed E-state index contributed by atoms with van der Waals surface area (Å²) >= 11 is 0. The molecule has 1 aliphatic rings. The van der Waals surface area contributed by atoms with Crippen LogP contribution in [0.3, 0.4) is 0 Å². The van der Waals surface area contributed by atoms with Crippen molar-refractivity contribution in [2.24, 2.45) is 5.84 Å². The molecule has 0 aromatic heterocycles. The van der Waals surface area contributed by atoms with Crippen LogP contribution < -0.4 is 11.3 Å². The van der Waals surface area contributed by atoms with Crippen molar-refractivity contribution in [3.63, 3.8) is 0 Å². The maximum atomic E-state index is 5.65. The standard InChI is InChI=1S/C13H28N4/c1-5-11(2)8-12(15-14)9-13-10-16(3)6-7-17(13)4/h12-13,15H,2,5-10,14H2,1,3-4H3. The Hall–Kier alpha value is -0.420. The van der Waals surface area contributed by atoms with Gasteiger partial charge < -0.3 is 9.80 Å². The molecule has 4 heteroatoms. The minimum Gasteiger partial charge on any atom is -0.304 e. The number of hydrogen-bond donors (Lipinski definition) is 2. The number of likely N-dealkylation sites (N-methyl/N-ethyl adjacent to an activating group) is 2. The fourth-order valence-corrected chi connectivity index (χ4v) is 2.39. The molecule has 0 amide bonds. The normalized spacial score (nSPS) is 24.8. The van der Waals surface area contributed by atoms with Crippen LogP contribution in [0, 0.1) is 0 Å². The largest absolute Gasteiger partial charge is 0.304 e. The van der Waals surface area contributed by atoms with Crippen molar-refractivity contribution in [2.75, 3.05) is 33.7 Å². The van der Waals surface area contributed by atoms with Gasteiger partial charge in [-0.05, 0) is 33.4 Å². The fourth-order valence-electron chi connectivity index (χ4n) is 2.39. The van der Waals surface area contributed by atoms with Gasteiger partial charge in [0, 0.05) is 31.7 Å². The molecule has 1 aliphatic heterocycles. The van der Waals surface area contributed by atoms with Gasteiger partial charge in [0.1, 0.15) is 0 Å². The SMILES string of the molecule is C=C(CC)CC(CC1CN(C)CCN1C)NN. The van der Waals surface area contributed by atoms with E-state index in [1.165, 1.54) is 5.57 Å². The van der Waals surface area contributed by atoms with Gasteiger partial charge in [-0.1, -0.05) is 19.1 Å². The van der Waals surface area contributed by atoms with Gasteiger partial charge in [-0.3, -0.25) is 11.3 Å². The number of nitrogens with zero attached hydrogens (tertiary/aromatic N) is 2. The highest BCUT2D eigenvalue weighted by Crippen LogP contribution is 2.16. The number of piperazine rings is 1. The summed E-state index contributed by atoms with van der Waals surface area (Å²) in [6.07, 6.45) is 3.12. The first-order valence-corrected chi connectivity index (χ1v) is 6.58. The third-order valence-electron chi connectivity index (χ3n) is 3.81. The summed E-state index contributed by atoms with van der Waals surface area (Å²) in [7, 11) is 4.40. The average Bonchev–Trinajstić information content (AvgIpc) is 2.32. The van der Waals surface area contributed by atoms with Gasteiger partial charge in [-0.15, -0.1) is 0 Å². The Morgan fingerprint density at radius 2 is 2.18 bits per heavy atom. The first-order chi connectivity index (χ1) is 8.06. The van der Waals surface area contributed by atoms with E-state index in [4.69, 9.17) is 5.84 Å². The fraction of sp³-hybridized carbons (Fsp3) is 0.846. The molecule has 1 fully saturated rings. The molecule has 2 unspecified atom stereocenters. The molecule has 1 saturated heterocycles. The molecule has 0 spiro atoms. The van der Waals surface area contributed by atoms with Crippen molar-refractivity contribution in [1.82, 2.24) is 15.2 Å². The van der Waals surface area contributed by atoms with E-state index >= 15 is 0 Å². The minimum absolute atomic E-state index is 0.349. The van der Waals surface area contributed by atoms with Gasteiger partial charge in [0.25, 0.3) is 0 Å². The van der Waals surface area contributed by atoms with Crippen LogP contribution in [0.25, 0.3) is 0 Å². The van der Waals surface area contributed by atoms with Crippen LogP contribution in [0.2, 0.25) is 0 Å². The molecule has 1 rings (SSSR count). The maximum Gasteiger partial charge on any atom is 0.0262 e. The lowest BCUT2D eigenvalue weighted by molar-refractivity contribution is 0.101. The molecule has 2 atom stereocenters. The second kappa shape index (κ2) is 7.11.